The highest BCUT2D eigenvalue weighted by molar-refractivity contribution is 6.76. The molecule has 1 aromatic rings. The summed E-state index contributed by atoms with van der Waals surface area (Å²) < 4.78 is 26.8. The first-order valence-electron chi connectivity index (χ1n) is 14.7. The summed E-state index contributed by atoms with van der Waals surface area (Å²) in [5, 5.41) is 9.78. The monoisotopic (exact) mass is 605 g/mol. The lowest BCUT2D eigenvalue weighted by Crippen LogP contribution is -2.58. The zero-order valence-corrected chi connectivity index (χ0v) is 26.5. The van der Waals surface area contributed by atoms with Gasteiger partial charge in [0, 0.05) is 45.7 Å². The van der Waals surface area contributed by atoms with E-state index in [-0.39, 0.29) is 57.5 Å². The van der Waals surface area contributed by atoms with Crippen LogP contribution in [0.3, 0.4) is 0 Å². The van der Waals surface area contributed by atoms with Crippen molar-refractivity contribution < 1.29 is 38.1 Å². The summed E-state index contributed by atoms with van der Waals surface area (Å²) in [4.78, 5) is 55.0. The molecule has 2 saturated heterocycles. The molecule has 4 amide bonds. The van der Waals surface area contributed by atoms with Crippen LogP contribution in [0.15, 0.2) is 18.2 Å². The number of piperidine rings is 2. The number of hydrogen-bond donors (Lipinski definition) is 1. The Kier molecular flexibility index (Phi) is 9.36. The summed E-state index contributed by atoms with van der Waals surface area (Å²) in [6, 6.07) is 4.46. The minimum atomic E-state index is -1.32. The maximum absolute atomic E-state index is 15.0. The van der Waals surface area contributed by atoms with Crippen LogP contribution in [0.5, 0.6) is 5.75 Å². The van der Waals surface area contributed by atoms with Gasteiger partial charge in [-0.1, -0.05) is 40.4 Å². The SMILES string of the molecule is CC(C)(C)C1C(F)CCN(C(=O)O)C1COc1ccc2c(c1)CN(C1CCC(=O)N(COCC[Si](C)(C)C)C1=O)C2=O. The maximum Gasteiger partial charge on any atom is 0.407 e. The van der Waals surface area contributed by atoms with Crippen LogP contribution in [0.25, 0.3) is 0 Å². The summed E-state index contributed by atoms with van der Waals surface area (Å²) >= 11 is 0. The molecule has 10 nitrogen and oxygen atoms in total. The highest BCUT2D eigenvalue weighted by atomic mass is 28.3. The molecular formula is C30H44FN3O7Si. The number of nitrogens with zero attached hydrogens (tertiary/aromatic N) is 3. The fraction of sp³-hybridized carbons (Fsp3) is 0.667. The largest absolute Gasteiger partial charge is 0.491 e. The van der Waals surface area contributed by atoms with Gasteiger partial charge < -0.3 is 24.4 Å². The Morgan fingerprint density at radius 2 is 1.86 bits per heavy atom. The fourth-order valence-electron chi connectivity index (χ4n) is 6.22. The van der Waals surface area contributed by atoms with E-state index in [1.165, 1.54) is 9.80 Å². The van der Waals surface area contributed by atoms with Gasteiger partial charge in [0.2, 0.25) is 5.91 Å². The number of carboxylic acid groups (broad SMARTS) is 1. The van der Waals surface area contributed by atoms with Crippen molar-refractivity contribution in [3.63, 3.8) is 0 Å². The Morgan fingerprint density at radius 1 is 1.14 bits per heavy atom. The van der Waals surface area contributed by atoms with Crippen molar-refractivity contribution in [1.82, 2.24) is 14.7 Å². The molecule has 4 rings (SSSR count). The lowest BCUT2D eigenvalue weighted by atomic mass is 9.70. The number of carbonyl (C=O) groups is 4. The number of halogens is 1. The van der Waals surface area contributed by atoms with Gasteiger partial charge in [0.05, 0.1) is 6.04 Å². The Labute approximate surface area is 248 Å². The smallest absolute Gasteiger partial charge is 0.407 e. The van der Waals surface area contributed by atoms with Crippen LogP contribution in [-0.4, -0.2) is 96.4 Å². The second kappa shape index (κ2) is 12.3. The number of rotatable bonds is 9. The molecule has 2 fully saturated rings. The molecule has 0 saturated carbocycles. The minimum Gasteiger partial charge on any atom is -0.491 e. The molecule has 232 valence electrons. The molecule has 0 aromatic heterocycles. The van der Waals surface area contributed by atoms with Gasteiger partial charge in [-0.25, -0.2) is 9.18 Å². The van der Waals surface area contributed by atoms with E-state index in [1.807, 2.05) is 20.8 Å². The van der Waals surface area contributed by atoms with E-state index >= 15 is 4.39 Å². The van der Waals surface area contributed by atoms with Gasteiger partial charge in [0.15, 0.2) is 0 Å². The number of benzene rings is 1. The average molecular weight is 606 g/mol. The lowest BCUT2D eigenvalue weighted by Gasteiger charge is -2.47. The second-order valence-electron chi connectivity index (χ2n) is 13.9. The van der Waals surface area contributed by atoms with Crippen LogP contribution >= 0.6 is 0 Å². The second-order valence-corrected chi connectivity index (χ2v) is 19.5. The van der Waals surface area contributed by atoms with Crippen molar-refractivity contribution in [2.45, 2.75) is 90.5 Å². The van der Waals surface area contributed by atoms with E-state index in [0.717, 1.165) is 10.9 Å². The van der Waals surface area contributed by atoms with Crippen molar-refractivity contribution >= 4 is 31.9 Å². The molecule has 4 atom stereocenters. The first-order chi connectivity index (χ1) is 19.6. The third-order valence-corrected chi connectivity index (χ3v) is 10.2. The Morgan fingerprint density at radius 3 is 2.50 bits per heavy atom. The van der Waals surface area contributed by atoms with Gasteiger partial charge >= 0.3 is 6.09 Å². The van der Waals surface area contributed by atoms with E-state index in [2.05, 4.69) is 19.6 Å². The van der Waals surface area contributed by atoms with Crippen LogP contribution in [0.1, 0.15) is 56.0 Å². The molecular weight excluding hydrogens is 561 g/mol. The maximum atomic E-state index is 15.0. The summed E-state index contributed by atoms with van der Waals surface area (Å²) in [5.74, 6) is -1.13. The molecule has 3 aliphatic rings. The first kappa shape index (κ1) is 31.9. The van der Waals surface area contributed by atoms with E-state index in [1.54, 1.807) is 18.2 Å². The number of fused-ring (bicyclic) bond motifs is 1. The minimum absolute atomic E-state index is 0.0268. The number of imide groups is 1. The Hall–Kier alpha value is -2.99. The quantitative estimate of drug-likeness (QED) is 0.248. The molecule has 4 unspecified atom stereocenters. The third kappa shape index (κ3) is 6.96. The summed E-state index contributed by atoms with van der Waals surface area (Å²) in [6.45, 7) is 13.0. The van der Waals surface area contributed by atoms with Crippen molar-refractivity contribution in [3.8, 4) is 5.75 Å². The van der Waals surface area contributed by atoms with Gasteiger partial charge in [-0.3, -0.25) is 19.3 Å². The number of alkyl halides is 1. The zero-order chi connectivity index (χ0) is 31.0. The van der Waals surface area contributed by atoms with E-state index in [0.29, 0.717) is 23.5 Å². The van der Waals surface area contributed by atoms with Crippen LogP contribution in [0.4, 0.5) is 9.18 Å². The van der Waals surface area contributed by atoms with Gasteiger partial charge in [-0.05, 0) is 48.1 Å². The molecule has 0 aliphatic carbocycles. The number of hydrogen-bond acceptors (Lipinski definition) is 6. The molecule has 3 aliphatic heterocycles. The standard InChI is InChI=1S/C30H44FN3O7Si/c1-30(2,3)26-22(31)11-12-32(29(38)39)24(26)17-41-20-7-8-21-19(15-20)16-33(27(21)36)23-9-10-25(35)34(28(23)37)18-40-13-14-42(4,5)6/h7-8,15,22-24,26H,9-14,16-18H2,1-6H3,(H,38,39). The third-order valence-electron chi connectivity index (χ3n) is 8.50. The van der Waals surface area contributed by atoms with Crippen LogP contribution in [-0.2, 0) is 20.9 Å². The van der Waals surface area contributed by atoms with Gasteiger partial charge in [0.25, 0.3) is 11.8 Å². The molecule has 42 heavy (non-hydrogen) atoms. The first-order valence-corrected chi connectivity index (χ1v) is 18.4. The van der Waals surface area contributed by atoms with E-state index < -0.39 is 49.7 Å². The van der Waals surface area contributed by atoms with Gasteiger partial charge in [-0.15, -0.1) is 0 Å². The van der Waals surface area contributed by atoms with E-state index in [4.69, 9.17) is 9.47 Å². The average Bonchev–Trinajstić information content (AvgIpc) is 3.20. The predicted octanol–water partition coefficient (Wildman–Crippen LogP) is 4.60. The number of amides is 4. The highest BCUT2D eigenvalue weighted by Gasteiger charge is 2.47. The molecule has 1 N–H and O–H groups in total. The number of carbonyl (C=O) groups excluding carboxylic acids is 3. The molecule has 1 aromatic carbocycles. The number of likely N-dealkylation sites (tertiary alicyclic amines) is 2. The summed E-state index contributed by atoms with van der Waals surface area (Å²) in [7, 11) is -1.32. The fourth-order valence-corrected chi connectivity index (χ4v) is 6.97. The predicted molar refractivity (Wildman–Crippen MR) is 157 cm³/mol. The highest BCUT2D eigenvalue weighted by Crippen LogP contribution is 2.40. The van der Waals surface area contributed by atoms with Crippen molar-refractivity contribution in [3.05, 3.63) is 29.3 Å². The summed E-state index contributed by atoms with van der Waals surface area (Å²) in [5.41, 5.74) is 0.647. The Bertz CT molecular complexity index is 1210. The van der Waals surface area contributed by atoms with Crippen LogP contribution in [0, 0.1) is 11.3 Å². The van der Waals surface area contributed by atoms with Crippen LogP contribution in [0.2, 0.25) is 25.7 Å². The van der Waals surface area contributed by atoms with E-state index in [9.17, 15) is 24.3 Å². The molecule has 0 radical (unpaired) electrons. The van der Waals surface area contributed by atoms with Gasteiger partial charge in [0.1, 0.15) is 31.3 Å². The van der Waals surface area contributed by atoms with Crippen molar-refractivity contribution in [2.75, 3.05) is 26.5 Å². The molecule has 0 bridgehead atoms. The van der Waals surface area contributed by atoms with Crippen molar-refractivity contribution in [1.29, 1.82) is 0 Å². The van der Waals surface area contributed by atoms with Crippen LogP contribution < -0.4 is 4.74 Å². The summed E-state index contributed by atoms with van der Waals surface area (Å²) in [6.07, 6.45) is -1.71. The van der Waals surface area contributed by atoms with Crippen molar-refractivity contribution in [2.24, 2.45) is 11.3 Å². The zero-order valence-electron chi connectivity index (χ0n) is 25.5. The topological polar surface area (TPSA) is 117 Å². The molecule has 12 heteroatoms. The Balaban J connectivity index is 1.43. The molecule has 3 heterocycles. The normalized spacial score (nSPS) is 25.2. The molecule has 0 spiro atoms. The lowest BCUT2D eigenvalue weighted by molar-refractivity contribution is -0.158. The van der Waals surface area contributed by atoms with Gasteiger partial charge in [-0.2, -0.15) is 0 Å². The number of ether oxygens (including phenoxy) is 2.